The van der Waals surface area contributed by atoms with Crippen LogP contribution in [0.3, 0.4) is 0 Å². The molecule has 0 bridgehead atoms. The molecule has 1 aromatic rings. The Labute approximate surface area is 84.2 Å². The fourth-order valence-corrected chi connectivity index (χ4v) is 1.25. The summed E-state index contributed by atoms with van der Waals surface area (Å²) in [5.41, 5.74) is -0.333. The maximum atomic E-state index is 13.2. The molecule has 0 aliphatic rings. The van der Waals surface area contributed by atoms with Gasteiger partial charge in [0.2, 0.25) is 6.08 Å². The van der Waals surface area contributed by atoms with Gasteiger partial charge in [-0.3, -0.25) is 0 Å². The third-order valence-corrected chi connectivity index (χ3v) is 1.94. The van der Waals surface area contributed by atoms with Gasteiger partial charge < -0.3 is 0 Å². The zero-order valence-corrected chi connectivity index (χ0v) is 7.76. The predicted octanol–water partition coefficient (Wildman–Crippen LogP) is 2.77. The lowest BCUT2D eigenvalue weighted by Crippen LogP contribution is -2.17. The Bertz CT molecular complexity index is 375. The summed E-state index contributed by atoms with van der Waals surface area (Å²) in [6.45, 7) is -0.930. The molecule has 74 valence electrons. The molecule has 0 aliphatic heterocycles. The van der Waals surface area contributed by atoms with Crippen LogP contribution in [0.2, 0.25) is 5.02 Å². The van der Waals surface area contributed by atoms with Crippen LogP contribution in [-0.4, -0.2) is 12.6 Å². The fraction of sp³-hybridized carbons (Fsp3) is 0.222. The summed E-state index contributed by atoms with van der Waals surface area (Å²) in [6.07, 6.45) is 1.06. The minimum atomic E-state index is -3.23. The average molecular weight is 218 g/mol. The molecule has 0 saturated heterocycles. The second-order valence-electron chi connectivity index (χ2n) is 2.59. The molecule has 0 spiro atoms. The van der Waals surface area contributed by atoms with Gasteiger partial charge in [0.1, 0.15) is 6.54 Å². The van der Waals surface area contributed by atoms with E-state index in [2.05, 4.69) is 4.99 Å². The van der Waals surface area contributed by atoms with Gasteiger partial charge in [0.05, 0.1) is 0 Å². The predicted molar refractivity (Wildman–Crippen MR) is 48.3 cm³/mol. The monoisotopic (exact) mass is 217 g/mol. The van der Waals surface area contributed by atoms with Crippen molar-refractivity contribution < 1.29 is 13.6 Å². The molecule has 14 heavy (non-hydrogen) atoms. The van der Waals surface area contributed by atoms with E-state index in [4.69, 9.17) is 11.6 Å². The van der Waals surface area contributed by atoms with Crippen molar-refractivity contribution in [3.8, 4) is 0 Å². The van der Waals surface area contributed by atoms with Crippen LogP contribution >= 0.6 is 11.6 Å². The van der Waals surface area contributed by atoms with E-state index in [0.717, 1.165) is 6.08 Å². The standard InChI is InChI=1S/C9H6ClF2NO/c10-8-4-2-1-3-7(8)9(11,12)5-13-6-14/h1-4H,5H2. The molecule has 0 N–H and O–H groups in total. The van der Waals surface area contributed by atoms with Crippen LogP contribution in [0.4, 0.5) is 8.78 Å². The first-order valence-corrected chi connectivity index (χ1v) is 4.12. The van der Waals surface area contributed by atoms with Crippen LogP contribution in [0.5, 0.6) is 0 Å². The lowest BCUT2D eigenvalue weighted by molar-refractivity contribution is 0.00666. The number of halogens is 3. The zero-order chi connectivity index (χ0) is 10.6. The molecule has 1 aromatic carbocycles. The van der Waals surface area contributed by atoms with E-state index in [9.17, 15) is 13.6 Å². The molecule has 2 nitrogen and oxygen atoms in total. The maximum absolute atomic E-state index is 13.2. The van der Waals surface area contributed by atoms with Gasteiger partial charge in [-0.2, -0.15) is 13.8 Å². The molecule has 0 saturated carbocycles. The molecule has 5 heteroatoms. The summed E-state index contributed by atoms with van der Waals surface area (Å²) in [4.78, 5) is 12.6. The van der Waals surface area contributed by atoms with Gasteiger partial charge >= 0.3 is 0 Å². The van der Waals surface area contributed by atoms with E-state index in [-0.39, 0.29) is 10.6 Å². The fourth-order valence-electron chi connectivity index (χ4n) is 0.975. The molecule has 0 aromatic heterocycles. The molecule has 0 aliphatic carbocycles. The van der Waals surface area contributed by atoms with Crippen LogP contribution in [0.1, 0.15) is 5.56 Å². The lowest BCUT2D eigenvalue weighted by atomic mass is 10.1. The number of hydrogen-bond acceptors (Lipinski definition) is 2. The van der Waals surface area contributed by atoms with Gasteiger partial charge in [-0.1, -0.05) is 29.8 Å². The smallest absolute Gasteiger partial charge is 0.211 e. The van der Waals surface area contributed by atoms with Crippen molar-refractivity contribution >= 4 is 17.7 Å². The summed E-state index contributed by atoms with van der Waals surface area (Å²) < 4.78 is 26.5. The van der Waals surface area contributed by atoms with E-state index in [0.29, 0.717) is 0 Å². The number of alkyl halides is 2. The van der Waals surface area contributed by atoms with Crippen molar-refractivity contribution in [3.63, 3.8) is 0 Å². The molecular formula is C9H6ClF2NO. The number of isocyanates is 1. The van der Waals surface area contributed by atoms with Crippen molar-refractivity contribution in [2.75, 3.05) is 6.54 Å². The molecule has 0 radical (unpaired) electrons. The summed E-state index contributed by atoms with van der Waals surface area (Å²) in [7, 11) is 0. The van der Waals surface area contributed by atoms with Crippen LogP contribution < -0.4 is 0 Å². The first-order valence-electron chi connectivity index (χ1n) is 3.74. The van der Waals surface area contributed by atoms with Crippen molar-refractivity contribution in [2.45, 2.75) is 5.92 Å². The first kappa shape index (κ1) is 10.8. The Hall–Kier alpha value is -1.25. The second-order valence-corrected chi connectivity index (χ2v) is 3.00. The van der Waals surface area contributed by atoms with Gasteiger partial charge in [0.15, 0.2) is 0 Å². The Balaban J connectivity index is 3.02. The number of nitrogens with zero attached hydrogens (tertiary/aromatic N) is 1. The van der Waals surface area contributed by atoms with Crippen LogP contribution in [0, 0.1) is 0 Å². The Morgan fingerprint density at radius 3 is 2.64 bits per heavy atom. The second kappa shape index (κ2) is 4.31. The van der Waals surface area contributed by atoms with Gasteiger partial charge in [-0.15, -0.1) is 0 Å². The van der Waals surface area contributed by atoms with E-state index in [1.54, 1.807) is 6.07 Å². The van der Waals surface area contributed by atoms with E-state index < -0.39 is 12.5 Å². The number of rotatable bonds is 3. The number of carbonyl (C=O) groups excluding carboxylic acids is 1. The molecule has 0 unspecified atom stereocenters. The maximum Gasteiger partial charge on any atom is 0.294 e. The minimum Gasteiger partial charge on any atom is -0.211 e. The molecule has 0 heterocycles. The summed E-state index contributed by atoms with van der Waals surface area (Å²) in [5, 5.41) is -0.0430. The molecule has 0 atom stereocenters. The van der Waals surface area contributed by atoms with Crippen LogP contribution in [-0.2, 0) is 10.7 Å². The van der Waals surface area contributed by atoms with Crippen LogP contribution in [0.25, 0.3) is 0 Å². The van der Waals surface area contributed by atoms with Gasteiger partial charge in [-0.25, -0.2) is 4.79 Å². The van der Waals surface area contributed by atoms with Crippen molar-refractivity contribution in [1.82, 2.24) is 0 Å². The van der Waals surface area contributed by atoms with E-state index in [1.807, 2.05) is 0 Å². The summed E-state index contributed by atoms with van der Waals surface area (Å²) in [6, 6.07) is 5.54. The van der Waals surface area contributed by atoms with Crippen molar-refractivity contribution in [1.29, 1.82) is 0 Å². The quantitative estimate of drug-likeness (QED) is 0.566. The number of hydrogen-bond donors (Lipinski definition) is 0. The van der Waals surface area contributed by atoms with Gasteiger partial charge in [0.25, 0.3) is 5.92 Å². The Morgan fingerprint density at radius 2 is 2.07 bits per heavy atom. The minimum absolute atomic E-state index is 0.0430. The third kappa shape index (κ3) is 2.37. The molecule has 0 amide bonds. The summed E-state index contributed by atoms with van der Waals surface area (Å²) in [5.74, 6) is -3.23. The highest BCUT2D eigenvalue weighted by Crippen LogP contribution is 2.33. The third-order valence-electron chi connectivity index (χ3n) is 1.61. The zero-order valence-electron chi connectivity index (χ0n) is 7.01. The SMILES string of the molecule is O=C=NCC(F)(F)c1ccccc1Cl. The Kier molecular flexibility index (Phi) is 3.33. The highest BCUT2D eigenvalue weighted by molar-refractivity contribution is 6.31. The van der Waals surface area contributed by atoms with E-state index in [1.165, 1.54) is 18.2 Å². The molecule has 0 fully saturated rings. The Morgan fingerprint density at radius 1 is 1.43 bits per heavy atom. The molecule has 1 rings (SSSR count). The first-order chi connectivity index (χ1) is 6.58. The average Bonchev–Trinajstić information content (AvgIpc) is 2.15. The normalized spacial score (nSPS) is 10.8. The van der Waals surface area contributed by atoms with E-state index >= 15 is 0 Å². The number of benzene rings is 1. The number of aliphatic imine (C=N–C) groups is 1. The highest BCUT2D eigenvalue weighted by Gasteiger charge is 2.33. The largest absolute Gasteiger partial charge is 0.294 e. The highest BCUT2D eigenvalue weighted by atomic mass is 35.5. The van der Waals surface area contributed by atoms with Gasteiger partial charge in [0, 0.05) is 10.6 Å². The van der Waals surface area contributed by atoms with Gasteiger partial charge in [-0.05, 0) is 6.07 Å². The topological polar surface area (TPSA) is 29.4 Å². The summed E-state index contributed by atoms with van der Waals surface area (Å²) >= 11 is 5.57. The molecular weight excluding hydrogens is 212 g/mol. The van der Waals surface area contributed by atoms with Crippen molar-refractivity contribution in [3.05, 3.63) is 34.9 Å². The lowest BCUT2D eigenvalue weighted by Gasteiger charge is -2.14. The van der Waals surface area contributed by atoms with Crippen LogP contribution in [0.15, 0.2) is 29.3 Å². The van der Waals surface area contributed by atoms with Crippen molar-refractivity contribution in [2.24, 2.45) is 4.99 Å².